The molecule has 1 unspecified atom stereocenters. The summed E-state index contributed by atoms with van der Waals surface area (Å²) in [6, 6.07) is 12.3. The summed E-state index contributed by atoms with van der Waals surface area (Å²) in [6.07, 6.45) is 0. The topological polar surface area (TPSA) is 40.9 Å². The largest absolute Gasteiger partial charge is 0.292 e. The predicted octanol–water partition coefficient (Wildman–Crippen LogP) is 4.62. The highest BCUT2D eigenvalue weighted by atomic mass is 35.5. The van der Waals surface area contributed by atoms with Gasteiger partial charge in [-0.15, -0.1) is 0 Å². The molecule has 0 N–H and O–H groups in total. The summed E-state index contributed by atoms with van der Waals surface area (Å²) in [5.74, 6) is -2.54. The van der Waals surface area contributed by atoms with E-state index in [9.17, 15) is 14.4 Å². The summed E-state index contributed by atoms with van der Waals surface area (Å²) in [7, 11) is 0. The van der Waals surface area contributed by atoms with Crippen molar-refractivity contribution in [2.24, 2.45) is 0 Å². The molecule has 5 heteroatoms. The first-order chi connectivity index (χ1) is 9.54. The molecule has 0 radical (unpaired) electrons. The summed E-state index contributed by atoms with van der Waals surface area (Å²) in [4.78, 5) is 12.3. The van der Waals surface area contributed by atoms with Crippen LogP contribution in [0.1, 0.15) is 21.8 Å². The number of nitrogens with zero attached hydrogens (tertiary/aromatic N) is 1. The third-order valence-corrected chi connectivity index (χ3v) is 3.36. The molecular weight excluding hydrogens is 300 g/mol. The van der Waals surface area contributed by atoms with Crippen LogP contribution >= 0.6 is 23.2 Å². The molecule has 0 bridgehead atoms. The number of Topliss-reactive ketones (excluding diaryl/α,β-unsaturated/α-hetero) is 1. The normalized spacial score (nSPS) is 11.7. The SMILES string of the molecule is N#CC(C(=O)c1cccc(Cl)c1F)c1ccc(Cl)cc1. The molecule has 0 aliphatic rings. The smallest absolute Gasteiger partial charge is 0.187 e. The molecule has 0 aromatic heterocycles. The third kappa shape index (κ3) is 2.82. The van der Waals surface area contributed by atoms with Crippen LogP contribution in [-0.2, 0) is 0 Å². The van der Waals surface area contributed by atoms with Crippen molar-refractivity contribution in [3.8, 4) is 6.07 Å². The van der Waals surface area contributed by atoms with Gasteiger partial charge in [0, 0.05) is 5.02 Å². The first-order valence-electron chi connectivity index (χ1n) is 5.68. The summed E-state index contributed by atoms with van der Waals surface area (Å²) < 4.78 is 13.8. The Hall–Kier alpha value is -1.89. The molecule has 0 saturated heterocycles. The van der Waals surface area contributed by atoms with E-state index in [4.69, 9.17) is 23.2 Å². The van der Waals surface area contributed by atoms with Crippen molar-refractivity contribution in [3.05, 3.63) is 69.5 Å². The van der Waals surface area contributed by atoms with E-state index in [2.05, 4.69) is 0 Å². The van der Waals surface area contributed by atoms with Crippen LogP contribution in [0.25, 0.3) is 0 Å². The van der Waals surface area contributed by atoms with E-state index in [1.807, 2.05) is 6.07 Å². The van der Waals surface area contributed by atoms with Gasteiger partial charge >= 0.3 is 0 Å². The molecule has 2 rings (SSSR count). The van der Waals surface area contributed by atoms with Crippen LogP contribution in [0.3, 0.4) is 0 Å². The van der Waals surface area contributed by atoms with E-state index < -0.39 is 17.5 Å². The summed E-state index contributed by atoms with van der Waals surface area (Å²) in [5, 5.41) is 9.52. The van der Waals surface area contributed by atoms with E-state index in [1.165, 1.54) is 18.2 Å². The molecule has 0 spiro atoms. The standard InChI is InChI=1S/C15H8Cl2FNO/c16-10-6-4-9(5-7-10)12(8-19)15(20)11-2-1-3-13(17)14(11)18/h1-7,12H. The fraction of sp³-hybridized carbons (Fsp3) is 0.0667. The lowest BCUT2D eigenvalue weighted by atomic mass is 9.91. The minimum Gasteiger partial charge on any atom is -0.292 e. The van der Waals surface area contributed by atoms with Gasteiger partial charge in [0.2, 0.25) is 0 Å². The lowest BCUT2D eigenvalue weighted by molar-refractivity contribution is 0.0975. The van der Waals surface area contributed by atoms with Crippen LogP contribution in [0.4, 0.5) is 4.39 Å². The van der Waals surface area contributed by atoms with Gasteiger partial charge in [0.15, 0.2) is 11.6 Å². The van der Waals surface area contributed by atoms with Crippen molar-refractivity contribution < 1.29 is 9.18 Å². The molecule has 0 fully saturated rings. The average molecular weight is 308 g/mol. The molecule has 2 nitrogen and oxygen atoms in total. The molecule has 0 aliphatic heterocycles. The molecule has 2 aromatic rings. The number of ketones is 1. The number of carbonyl (C=O) groups is 1. The Morgan fingerprint density at radius 1 is 1.15 bits per heavy atom. The number of benzene rings is 2. The monoisotopic (exact) mass is 307 g/mol. The average Bonchev–Trinajstić information content (AvgIpc) is 2.44. The Morgan fingerprint density at radius 2 is 1.80 bits per heavy atom. The number of carbonyl (C=O) groups excluding carboxylic acids is 1. The Balaban J connectivity index is 2.42. The zero-order valence-electron chi connectivity index (χ0n) is 10.1. The Morgan fingerprint density at radius 3 is 2.40 bits per heavy atom. The molecule has 0 heterocycles. The lowest BCUT2D eigenvalue weighted by Crippen LogP contribution is -2.13. The van der Waals surface area contributed by atoms with Gasteiger partial charge in [0.25, 0.3) is 0 Å². The van der Waals surface area contributed by atoms with Gasteiger partial charge in [-0.2, -0.15) is 5.26 Å². The molecule has 0 aliphatic carbocycles. The van der Waals surface area contributed by atoms with Crippen LogP contribution in [-0.4, -0.2) is 5.78 Å². The van der Waals surface area contributed by atoms with Crippen LogP contribution < -0.4 is 0 Å². The van der Waals surface area contributed by atoms with Crippen LogP contribution in [0.2, 0.25) is 10.0 Å². The van der Waals surface area contributed by atoms with Gasteiger partial charge in [0.1, 0.15) is 5.92 Å². The quantitative estimate of drug-likeness (QED) is 0.776. The second-order valence-electron chi connectivity index (χ2n) is 4.08. The first-order valence-corrected chi connectivity index (χ1v) is 6.43. The third-order valence-electron chi connectivity index (χ3n) is 2.81. The lowest BCUT2D eigenvalue weighted by Gasteiger charge is -2.10. The minimum atomic E-state index is -1.10. The van der Waals surface area contributed by atoms with Crippen molar-refractivity contribution >= 4 is 29.0 Å². The molecule has 100 valence electrons. The fourth-order valence-electron chi connectivity index (χ4n) is 1.79. The molecule has 2 aromatic carbocycles. The highest BCUT2D eigenvalue weighted by Gasteiger charge is 2.25. The maximum absolute atomic E-state index is 13.8. The zero-order valence-corrected chi connectivity index (χ0v) is 11.6. The van der Waals surface area contributed by atoms with Crippen molar-refractivity contribution in [2.45, 2.75) is 5.92 Å². The molecular formula is C15H8Cl2FNO. The van der Waals surface area contributed by atoms with Gasteiger partial charge in [-0.1, -0.05) is 41.4 Å². The minimum absolute atomic E-state index is 0.149. The zero-order chi connectivity index (χ0) is 14.7. The molecule has 0 amide bonds. The Kier molecular flexibility index (Phi) is 4.39. The molecule has 20 heavy (non-hydrogen) atoms. The highest BCUT2D eigenvalue weighted by Crippen LogP contribution is 2.26. The summed E-state index contributed by atoms with van der Waals surface area (Å²) >= 11 is 11.4. The van der Waals surface area contributed by atoms with Crippen molar-refractivity contribution in [1.29, 1.82) is 5.26 Å². The van der Waals surface area contributed by atoms with Gasteiger partial charge in [0.05, 0.1) is 16.7 Å². The molecule has 1 atom stereocenters. The van der Waals surface area contributed by atoms with E-state index in [0.717, 1.165) is 0 Å². The van der Waals surface area contributed by atoms with Gasteiger partial charge in [-0.25, -0.2) is 4.39 Å². The fourth-order valence-corrected chi connectivity index (χ4v) is 2.09. The van der Waals surface area contributed by atoms with Gasteiger partial charge in [-0.3, -0.25) is 4.79 Å². The second-order valence-corrected chi connectivity index (χ2v) is 4.92. The number of halogens is 3. The van der Waals surface area contributed by atoms with Gasteiger partial charge < -0.3 is 0 Å². The predicted molar refractivity (Wildman–Crippen MR) is 75.5 cm³/mol. The number of hydrogen-bond acceptors (Lipinski definition) is 2. The van der Waals surface area contributed by atoms with Crippen molar-refractivity contribution in [1.82, 2.24) is 0 Å². The highest BCUT2D eigenvalue weighted by molar-refractivity contribution is 6.31. The Bertz CT molecular complexity index is 692. The maximum atomic E-state index is 13.8. The van der Waals surface area contributed by atoms with Crippen LogP contribution in [0.5, 0.6) is 0 Å². The van der Waals surface area contributed by atoms with Crippen LogP contribution in [0.15, 0.2) is 42.5 Å². The maximum Gasteiger partial charge on any atom is 0.187 e. The summed E-state index contributed by atoms with van der Waals surface area (Å²) in [6.45, 7) is 0. The number of nitriles is 1. The van der Waals surface area contributed by atoms with E-state index in [-0.39, 0.29) is 10.6 Å². The summed E-state index contributed by atoms with van der Waals surface area (Å²) in [5.41, 5.74) is 0.264. The second kappa shape index (κ2) is 6.04. The van der Waals surface area contributed by atoms with Crippen molar-refractivity contribution in [3.63, 3.8) is 0 Å². The number of hydrogen-bond donors (Lipinski definition) is 0. The van der Waals surface area contributed by atoms with E-state index in [0.29, 0.717) is 10.6 Å². The number of rotatable bonds is 3. The van der Waals surface area contributed by atoms with Crippen molar-refractivity contribution in [2.75, 3.05) is 0 Å². The van der Waals surface area contributed by atoms with Gasteiger partial charge in [-0.05, 0) is 29.8 Å². The van der Waals surface area contributed by atoms with Crippen LogP contribution in [0, 0.1) is 17.1 Å². The van der Waals surface area contributed by atoms with E-state index in [1.54, 1.807) is 24.3 Å². The first kappa shape index (κ1) is 14.5. The Labute approximate surface area is 125 Å². The molecule has 0 saturated carbocycles. The van der Waals surface area contributed by atoms with E-state index >= 15 is 0 Å².